The molecule has 0 N–H and O–H groups in total. The van der Waals surface area contributed by atoms with Crippen molar-refractivity contribution in [3.05, 3.63) is 46.8 Å². The lowest BCUT2D eigenvalue weighted by atomic mass is 10.0. The van der Waals surface area contributed by atoms with Gasteiger partial charge in [-0.25, -0.2) is 0 Å². The second kappa shape index (κ2) is 5.45. The second-order valence-electron chi connectivity index (χ2n) is 5.43. The van der Waals surface area contributed by atoms with Gasteiger partial charge in [0.05, 0.1) is 11.1 Å². The van der Waals surface area contributed by atoms with E-state index in [0.717, 1.165) is 18.0 Å². The van der Waals surface area contributed by atoms with Crippen LogP contribution in [0.4, 0.5) is 0 Å². The summed E-state index contributed by atoms with van der Waals surface area (Å²) in [5, 5.41) is 4.71. The Morgan fingerprint density at radius 2 is 2.15 bits per heavy atom. The van der Waals surface area contributed by atoms with Crippen molar-refractivity contribution in [1.82, 2.24) is 9.78 Å². The van der Waals surface area contributed by atoms with Gasteiger partial charge in [-0.05, 0) is 32.4 Å². The zero-order chi connectivity index (χ0) is 14.3. The fraction of sp³-hybridized carbons (Fsp3) is 0.438. The molecule has 106 valence electrons. The van der Waals surface area contributed by atoms with E-state index in [1.165, 1.54) is 21.7 Å². The Labute approximate surface area is 129 Å². The highest BCUT2D eigenvalue weighted by atomic mass is 35.5. The molecule has 20 heavy (non-hydrogen) atoms. The number of benzene rings is 1. The van der Waals surface area contributed by atoms with E-state index in [2.05, 4.69) is 42.8 Å². The third-order valence-corrected chi connectivity index (χ3v) is 5.50. The van der Waals surface area contributed by atoms with Gasteiger partial charge in [0.25, 0.3) is 0 Å². The number of thioether (sulfide) groups is 1. The molecule has 0 spiro atoms. The van der Waals surface area contributed by atoms with E-state index in [-0.39, 0.29) is 5.38 Å². The van der Waals surface area contributed by atoms with Gasteiger partial charge < -0.3 is 0 Å². The molecule has 2 aromatic rings. The van der Waals surface area contributed by atoms with E-state index >= 15 is 0 Å². The fourth-order valence-electron chi connectivity index (χ4n) is 3.05. The van der Waals surface area contributed by atoms with E-state index in [1.807, 2.05) is 18.7 Å². The molecule has 1 aromatic carbocycles. The Morgan fingerprint density at radius 1 is 1.40 bits per heavy atom. The van der Waals surface area contributed by atoms with Gasteiger partial charge in [-0.15, -0.1) is 23.4 Å². The summed E-state index contributed by atoms with van der Waals surface area (Å²) in [6.07, 6.45) is 0. The van der Waals surface area contributed by atoms with Crippen LogP contribution in [-0.2, 0) is 6.54 Å². The minimum Gasteiger partial charge on any atom is -0.269 e. The van der Waals surface area contributed by atoms with Crippen molar-refractivity contribution in [1.29, 1.82) is 0 Å². The van der Waals surface area contributed by atoms with Crippen LogP contribution in [-0.4, -0.2) is 15.5 Å². The minimum atomic E-state index is 0.0222. The van der Waals surface area contributed by atoms with Gasteiger partial charge in [0.15, 0.2) is 0 Å². The van der Waals surface area contributed by atoms with Crippen LogP contribution in [0.5, 0.6) is 0 Å². The molecule has 0 amide bonds. The summed E-state index contributed by atoms with van der Waals surface area (Å²) < 4.78 is 2.14. The van der Waals surface area contributed by atoms with E-state index in [1.54, 1.807) is 0 Å². The molecular formula is C16H19ClN2S. The van der Waals surface area contributed by atoms with Crippen LogP contribution in [0.1, 0.15) is 40.7 Å². The van der Waals surface area contributed by atoms with E-state index in [9.17, 15) is 0 Å². The van der Waals surface area contributed by atoms with Crippen LogP contribution >= 0.6 is 23.4 Å². The van der Waals surface area contributed by atoms with Crippen LogP contribution in [0.15, 0.2) is 29.2 Å². The summed E-state index contributed by atoms with van der Waals surface area (Å²) in [7, 11) is 0. The van der Waals surface area contributed by atoms with E-state index in [4.69, 9.17) is 16.7 Å². The van der Waals surface area contributed by atoms with Crippen LogP contribution < -0.4 is 0 Å². The monoisotopic (exact) mass is 306 g/mol. The molecule has 0 saturated heterocycles. The predicted molar refractivity (Wildman–Crippen MR) is 85.9 cm³/mol. The molecule has 1 aromatic heterocycles. The first-order valence-electron chi connectivity index (χ1n) is 6.97. The molecule has 1 aliphatic heterocycles. The molecule has 0 saturated carbocycles. The molecule has 0 aliphatic carbocycles. The SMILES string of the molecule is Cc1nn(CC2CSc3ccccc32)c(C)c1C(C)Cl. The highest BCUT2D eigenvalue weighted by Gasteiger charge is 2.25. The van der Waals surface area contributed by atoms with Crippen LogP contribution in [0, 0.1) is 13.8 Å². The molecule has 0 bridgehead atoms. The van der Waals surface area contributed by atoms with Gasteiger partial charge in [-0.3, -0.25) is 4.68 Å². The predicted octanol–water partition coefficient (Wildman–Crippen LogP) is 4.69. The van der Waals surface area contributed by atoms with E-state index < -0.39 is 0 Å². The van der Waals surface area contributed by atoms with Crippen molar-refractivity contribution < 1.29 is 0 Å². The molecule has 2 unspecified atom stereocenters. The van der Waals surface area contributed by atoms with Crippen molar-refractivity contribution >= 4 is 23.4 Å². The Hall–Kier alpha value is -0.930. The first kappa shape index (κ1) is 14.0. The van der Waals surface area contributed by atoms with Gasteiger partial charge in [-0.1, -0.05) is 18.2 Å². The fourth-order valence-corrected chi connectivity index (χ4v) is 4.61. The number of hydrogen-bond donors (Lipinski definition) is 0. The maximum atomic E-state index is 6.27. The molecule has 0 fully saturated rings. The van der Waals surface area contributed by atoms with E-state index in [0.29, 0.717) is 5.92 Å². The highest BCUT2D eigenvalue weighted by Crippen LogP contribution is 2.40. The molecule has 2 nitrogen and oxygen atoms in total. The Kier molecular flexibility index (Phi) is 3.83. The number of aryl methyl sites for hydroxylation is 1. The van der Waals surface area contributed by atoms with Crippen LogP contribution in [0.3, 0.4) is 0 Å². The molecule has 3 rings (SSSR count). The highest BCUT2D eigenvalue weighted by molar-refractivity contribution is 7.99. The summed E-state index contributed by atoms with van der Waals surface area (Å²) >= 11 is 8.22. The Balaban J connectivity index is 1.88. The number of halogens is 1. The van der Waals surface area contributed by atoms with Gasteiger partial charge in [0, 0.05) is 34.4 Å². The summed E-state index contributed by atoms with van der Waals surface area (Å²) in [4.78, 5) is 1.42. The van der Waals surface area contributed by atoms with Crippen molar-refractivity contribution in [3.8, 4) is 0 Å². The third-order valence-electron chi connectivity index (χ3n) is 4.03. The number of aromatic nitrogens is 2. The molecule has 0 radical (unpaired) electrons. The van der Waals surface area contributed by atoms with Gasteiger partial charge >= 0.3 is 0 Å². The van der Waals surface area contributed by atoms with Gasteiger partial charge in [-0.2, -0.15) is 5.10 Å². The Morgan fingerprint density at radius 3 is 2.85 bits per heavy atom. The number of hydrogen-bond acceptors (Lipinski definition) is 2. The molecule has 1 aliphatic rings. The summed E-state index contributed by atoms with van der Waals surface area (Å²) in [5.41, 5.74) is 4.92. The van der Waals surface area contributed by atoms with Crippen molar-refractivity contribution in [3.63, 3.8) is 0 Å². The van der Waals surface area contributed by atoms with Crippen molar-refractivity contribution in [2.24, 2.45) is 0 Å². The second-order valence-corrected chi connectivity index (χ2v) is 7.14. The molecule has 4 heteroatoms. The van der Waals surface area contributed by atoms with Crippen molar-refractivity contribution in [2.45, 2.75) is 43.5 Å². The summed E-state index contributed by atoms with van der Waals surface area (Å²) in [5.74, 6) is 1.69. The average Bonchev–Trinajstić information content (AvgIpc) is 2.93. The number of rotatable bonds is 3. The van der Waals surface area contributed by atoms with Gasteiger partial charge in [0.2, 0.25) is 0 Å². The summed E-state index contributed by atoms with van der Waals surface area (Å²) in [6.45, 7) is 7.14. The first-order chi connectivity index (χ1) is 9.58. The minimum absolute atomic E-state index is 0.0222. The standard InChI is InChI=1S/C16H19ClN2S/c1-10(17)16-11(2)18-19(12(16)3)8-13-9-20-15-7-5-4-6-14(13)15/h4-7,10,13H,8-9H2,1-3H3. The lowest BCUT2D eigenvalue weighted by Crippen LogP contribution is -2.11. The maximum absolute atomic E-state index is 6.27. The van der Waals surface area contributed by atoms with Gasteiger partial charge in [0.1, 0.15) is 0 Å². The lowest BCUT2D eigenvalue weighted by Gasteiger charge is -2.13. The summed E-state index contributed by atoms with van der Waals surface area (Å²) in [6, 6.07) is 8.71. The van der Waals surface area contributed by atoms with Crippen LogP contribution in [0.25, 0.3) is 0 Å². The normalized spacial score (nSPS) is 19.1. The first-order valence-corrected chi connectivity index (χ1v) is 8.40. The molecular weight excluding hydrogens is 288 g/mol. The zero-order valence-corrected chi connectivity index (χ0v) is 13.6. The van der Waals surface area contributed by atoms with Crippen molar-refractivity contribution in [2.75, 3.05) is 5.75 Å². The maximum Gasteiger partial charge on any atom is 0.0643 e. The third kappa shape index (κ3) is 2.38. The quantitative estimate of drug-likeness (QED) is 0.766. The topological polar surface area (TPSA) is 17.8 Å². The number of alkyl halides is 1. The number of nitrogens with zero attached hydrogens (tertiary/aromatic N) is 2. The number of fused-ring (bicyclic) bond motifs is 1. The molecule has 2 heterocycles. The lowest BCUT2D eigenvalue weighted by molar-refractivity contribution is 0.534. The van der Waals surface area contributed by atoms with Crippen LogP contribution in [0.2, 0.25) is 0 Å². The average molecular weight is 307 g/mol. The molecule has 2 atom stereocenters. The Bertz CT molecular complexity index is 633. The smallest absolute Gasteiger partial charge is 0.0643 e. The largest absolute Gasteiger partial charge is 0.269 e. The zero-order valence-electron chi connectivity index (χ0n) is 12.1.